The number of halogens is 3. The van der Waals surface area contributed by atoms with Crippen LogP contribution in [0.3, 0.4) is 0 Å². The molecular formula is C12H18F3N3O. The largest absolute Gasteiger partial charge is 0.417 e. The molecule has 0 saturated heterocycles. The van der Waals surface area contributed by atoms with Crippen molar-refractivity contribution in [3.05, 3.63) is 18.5 Å². The SMILES string of the molecule is CC(CCn1cccn1)NC1CC(O)(C(F)(F)F)C1. The Labute approximate surface area is 109 Å². The second-order valence-electron chi connectivity index (χ2n) is 5.26. The maximum atomic E-state index is 12.4. The molecule has 1 aliphatic rings. The monoisotopic (exact) mass is 277 g/mol. The van der Waals surface area contributed by atoms with Crippen LogP contribution in [0.1, 0.15) is 26.2 Å². The molecule has 1 atom stereocenters. The summed E-state index contributed by atoms with van der Waals surface area (Å²) < 4.78 is 39.1. The van der Waals surface area contributed by atoms with E-state index in [9.17, 15) is 18.3 Å². The van der Waals surface area contributed by atoms with E-state index in [4.69, 9.17) is 0 Å². The molecule has 0 aromatic carbocycles. The molecule has 7 heteroatoms. The van der Waals surface area contributed by atoms with Crippen LogP contribution < -0.4 is 5.32 Å². The van der Waals surface area contributed by atoms with Crippen LogP contribution in [0, 0.1) is 0 Å². The molecule has 1 heterocycles. The van der Waals surface area contributed by atoms with Gasteiger partial charge >= 0.3 is 6.18 Å². The number of aliphatic hydroxyl groups is 1. The molecule has 1 fully saturated rings. The van der Waals surface area contributed by atoms with Crippen LogP contribution >= 0.6 is 0 Å². The summed E-state index contributed by atoms with van der Waals surface area (Å²) in [5.74, 6) is 0. The first-order chi connectivity index (χ1) is 8.80. The summed E-state index contributed by atoms with van der Waals surface area (Å²) in [7, 11) is 0. The highest BCUT2D eigenvalue weighted by Crippen LogP contribution is 2.45. The standard InChI is InChI=1S/C12H18F3N3O/c1-9(3-6-18-5-2-4-16-18)17-10-7-11(19,8-10)12(13,14)15/h2,4-5,9-10,17,19H,3,6-8H2,1H3. The number of hydrogen-bond donors (Lipinski definition) is 2. The van der Waals surface area contributed by atoms with Gasteiger partial charge in [-0.2, -0.15) is 18.3 Å². The van der Waals surface area contributed by atoms with Gasteiger partial charge in [-0.3, -0.25) is 4.68 Å². The topological polar surface area (TPSA) is 50.1 Å². The van der Waals surface area contributed by atoms with Gasteiger partial charge in [-0.1, -0.05) is 0 Å². The lowest BCUT2D eigenvalue weighted by Gasteiger charge is -2.45. The van der Waals surface area contributed by atoms with Gasteiger partial charge in [0.2, 0.25) is 0 Å². The highest BCUT2D eigenvalue weighted by Gasteiger charge is 2.61. The first-order valence-electron chi connectivity index (χ1n) is 6.33. The summed E-state index contributed by atoms with van der Waals surface area (Å²) >= 11 is 0. The number of aromatic nitrogens is 2. The maximum Gasteiger partial charge on any atom is 0.417 e. The van der Waals surface area contributed by atoms with Gasteiger partial charge in [0.15, 0.2) is 5.60 Å². The molecule has 0 aliphatic heterocycles. The first-order valence-corrected chi connectivity index (χ1v) is 6.33. The normalized spacial score (nSPS) is 29.0. The summed E-state index contributed by atoms with van der Waals surface area (Å²) in [5, 5.41) is 16.5. The predicted molar refractivity (Wildman–Crippen MR) is 63.5 cm³/mol. The van der Waals surface area contributed by atoms with Crippen LogP contribution in [0.25, 0.3) is 0 Å². The van der Waals surface area contributed by atoms with Gasteiger partial charge in [-0.15, -0.1) is 0 Å². The van der Waals surface area contributed by atoms with Crippen molar-refractivity contribution in [2.24, 2.45) is 0 Å². The highest BCUT2D eigenvalue weighted by molar-refractivity contribution is 5.03. The van der Waals surface area contributed by atoms with Gasteiger partial charge in [0.1, 0.15) is 0 Å². The van der Waals surface area contributed by atoms with Gasteiger partial charge < -0.3 is 10.4 Å². The zero-order valence-electron chi connectivity index (χ0n) is 10.7. The van der Waals surface area contributed by atoms with Gasteiger partial charge in [-0.25, -0.2) is 0 Å². The van der Waals surface area contributed by atoms with Crippen LogP contribution in [-0.2, 0) is 6.54 Å². The number of aryl methyl sites for hydroxylation is 1. The summed E-state index contributed by atoms with van der Waals surface area (Å²) in [4.78, 5) is 0. The van der Waals surface area contributed by atoms with E-state index >= 15 is 0 Å². The molecule has 2 rings (SSSR count). The van der Waals surface area contributed by atoms with E-state index in [-0.39, 0.29) is 24.9 Å². The second-order valence-corrected chi connectivity index (χ2v) is 5.26. The fourth-order valence-electron chi connectivity index (χ4n) is 2.35. The van der Waals surface area contributed by atoms with E-state index in [1.54, 1.807) is 10.9 Å². The fraction of sp³-hybridized carbons (Fsp3) is 0.750. The van der Waals surface area contributed by atoms with Gasteiger partial charge in [0.25, 0.3) is 0 Å². The Balaban J connectivity index is 1.69. The Morgan fingerprint density at radius 3 is 2.74 bits per heavy atom. The van der Waals surface area contributed by atoms with Crippen LogP contribution in [0.15, 0.2) is 18.5 Å². The second kappa shape index (κ2) is 5.13. The van der Waals surface area contributed by atoms with Crippen molar-refractivity contribution < 1.29 is 18.3 Å². The van der Waals surface area contributed by atoms with Gasteiger partial charge in [0, 0.05) is 43.9 Å². The number of alkyl halides is 3. The maximum absolute atomic E-state index is 12.4. The Morgan fingerprint density at radius 2 is 2.21 bits per heavy atom. The zero-order chi connectivity index (χ0) is 14.1. The predicted octanol–water partition coefficient (Wildman–Crippen LogP) is 1.71. The molecule has 1 aromatic heterocycles. The average molecular weight is 277 g/mol. The zero-order valence-corrected chi connectivity index (χ0v) is 10.7. The molecule has 0 amide bonds. The summed E-state index contributed by atoms with van der Waals surface area (Å²) in [6, 6.07) is 1.65. The van der Waals surface area contributed by atoms with Crippen LogP contribution in [0.4, 0.5) is 13.2 Å². The van der Waals surface area contributed by atoms with Crippen LogP contribution in [0.5, 0.6) is 0 Å². The van der Waals surface area contributed by atoms with Gasteiger partial charge in [-0.05, 0) is 19.4 Å². The molecule has 0 bridgehead atoms. The Morgan fingerprint density at radius 1 is 1.53 bits per heavy atom. The van der Waals surface area contributed by atoms with E-state index in [0.717, 1.165) is 13.0 Å². The summed E-state index contributed by atoms with van der Waals surface area (Å²) in [6.07, 6.45) is -0.733. The van der Waals surface area contributed by atoms with E-state index in [1.807, 2.05) is 19.2 Å². The van der Waals surface area contributed by atoms with Crippen molar-refractivity contribution in [1.29, 1.82) is 0 Å². The molecule has 1 saturated carbocycles. The molecule has 0 spiro atoms. The van der Waals surface area contributed by atoms with Crippen LogP contribution in [0.2, 0.25) is 0 Å². The van der Waals surface area contributed by atoms with E-state index < -0.39 is 11.8 Å². The number of nitrogens with zero attached hydrogens (tertiary/aromatic N) is 2. The van der Waals surface area contributed by atoms with E-state index in [1.165, 1.54) is 0 Å². The minimum atomic E-state index is -4.52. The van der Waals surface area contributed by atoms with Crippen molar-refractivity contribution in [1.82, 2.24) is 15.1 Å². The molecule has 2 N–H and O–H groups in total. The van der Waals surface area contributed by atoms with Crippen molar-refractivity contribution in [2.45, 2.75) is 56.6 Å². The molecule has 108 valence electrons. The molecule has 4 nitrogen and oxygen atoms in total. The van der Waals surface area contributed by atoms with Crippen molar-refractivity contribution in [3.63, 3.8) is 0 Å². The smallest absolute Gasteiger partial charge is 0.380 e. The first kappa shape index (κ1) is 14.3. The molecular weight excluding hydrogens is 259 g/mol. The van der Waals surface area contributed by atoms with Crippen LogP contribution in [-0.4, -0.2) is 38.7 Å². The molecule has 1 unspecified atom stereocenters. The van der Waals surface area contributed by atoms with E-state index in [2.05, 4.69) is 10.4 Å². The van der Waals surface area contributed by atoms with Crippen molar-refractivity contribution >= 4 is 0 Å². The Bertz CT molecular complexity index is 399. The molecule has 1 aliphatic carbocycles. The lowest BCUT2D eigenvalue weighted by molar-refractivity contribution is -0.292. The highest BCUT2D eigenvalue weighted by atomic mass is 19.4. The summed E-state index contributed by atoms with van der Waals surface area (Å²) in [5.41, 5.74) is -2.49. The van der Waals surface area contributed by atoms with Crippen molar-refractivity contribution in [3.8, 4) is 0 Å². The number of hydrogen-bond acceptors (Lipinski definition) is 3. The Kier molecular flexibility index (Phi) is 3.87. The minimum absolute atomic E-state index is 0.0898. The number of nitrogens with one attached hydrogen (secondary N) is 1. The Hall–Kier alpha value is -1.08. The quantitative estimate of drug-likeness (QED) is 0.861. The van der Waals surface area contributed by atoms with Crippen molar-refractivity contribution in [2.75, 3.05) is 0 Å². The minimum Gasteiger partial charge on any atom is -0.380 e. The van der Waals surface area contributed by atoms with E-state index in [0.29, 0.717) is 0 Å². The number of rotatable bonds is 5. The molecule has 1 aromatic rings. The third-order valence-electron chi connectivity index (χ3n) is 3.57. The third-order valence-corrected chi connectivity index (χ3v) is 3.57. The third kappa shape index (κ3) is 3.27. The molecule has 0 radical (unpaired) electrons. The molecule has 19 heavy (non-hydrogen) atoms. The summed E-state index contributed by atoms with van der Waals surface area (Å²) in [6.45, 7) is 2.64. The lowest BCUT2D eigenvalue weighted by Crippen LogP contribution is -2.62. The fourth-order valence-corrected chi connectivity index (χ4v) is 2.35. The lowest BCUT2D eigenvalue weighted by atomic mass is 9.75. The average Bonchev–Trinajstić information content (AvgIpc) is 2.75. The van der Waals surface area contributed by atoms with Gasteiger partial charge in [0.05, 0.1) is 0 Å².